The van der Waals surface area contributed by atoms with Crippen molar-refractivity contribution < 1.29 is 18.0 Å². The molecule has 3 aliphatic heterocycles. The molecule has 2 saturated carbocycles. The number of likely N-dealkylation sites (tertiary alicyclic amines) is 1. The third-order valence-corrected chi connectivity index (χ3v) is 9.08. The van der Waals surface area contributed by atoms with Crippen molar-refractivity contribution in [2.24, 2.45) is 35.5 Å². The molecule has 0 spiro atoms. The molecule has 2 aliphatic carbocycles. The molecule has 9 heteroatoms. The van der Waals surface area contributed by atoms with E-state index in [0.717, 1.165) is 25.9 Å². The number of carbonyl (C=O) groups excluding carboxylic acids is 1. The average Bonchev–Trinajstić information content (AvgIpc) is 3.45. The fraction of sp³-hybridized carbons (Fsp3) is 0.957. The summed E-state index contributed by atoms with van der Waals surface area (Å²) < 4.78 is 41.1. The molecule has 7 unspecified atom stereocenters. The minimum atomic E-state index is -4.21. The van der Waals surface area contributed by atoms with Crippen LogP contribution in [-0.2, 0) is 4.79 Å². The molecule has 5 rings (SSSR count). The van der Waals surface area contributed by atoms with Crippen molar-refractivity contribution in [2.75, 3.05) is 20.3 Å². The Labute approximate surface area is 189 Å². The van der Waals surface area contributed by atoms with E-state index in [1.807, 2.05) is 4.90 Å². The summed E-state index contributed by atoms with van der Waals surface area (Å²) in [7, 11) is 2.10. The second kappa shape index (κ2) is 8.71. The van der Waals surface area contributed by atoms with Crippen molar-refractivity contribution in [3.63, 3.8) is 0 Å². The summed E-state index contributed by atoms with van der Waals surface area (Å²) in [5.41, 5.74) is 6.53. The van der Waals surface area contributed by atoms with Gasteiger partial charge in [0.15, 0.2) is 0 Å². The number of alkyl halides is 3. The van der Waals surface area contributed by atoms with Crippen LogP contribution in [0.15, 0.2) is 0 Å². The smallest absolute Gasteiger partial charge is 0.327 e. The maximum absolute atomic E-state index is 13.7. The highest BCUT2D eigenvalue weighted by Crippen LogP contribution is 2.49. The number of piperidine rings is 1. The van der Waals surface area contributed by atoms with Gasteiger partial charge in [-0.1, -0.05) is 13.3 Å². The molecule has 6 nitrogen and oxygen atoms in total. The van der Waals surface area contributed by atoms with Gasteiger partial charge in [-0.05, 0) is 75.7 Å². The van der Waals surface area contributed by atoms with Gasteiger partial charge in [0.1, 0.15) is 0 Å². The Hall–Kier alpha value is -0.900. The standard InChI is InChI=1S/C23H38F3N5O/c1-13(8-21-29-27-12-30(21)2)15-9-19(14-6-7-14)28-20(10-15)31-11-17-16(22(31)32)4-3-5-18(17)23(24,25)26/h13-21,27-29H,3-12H2,1-2H3/t13-,15?,16?,17?,18?,19?,20?,21?/m1/s1. The lowest BCUT2D eigenvalue weighted by Crippen LogP contribution is -2.57. The topological polar surface area (TPSA) is 59.6 Å². The zero-order valence-corrected chi connectivity index (χ0v) is 19.2. The Morgan fingerprint density at radius 3 is 2.59 bits per heavy atom. The van der Waals surface area contributed by atoms with Crippen LogP contribution in [0.1, 0.15) is 58.3 Å². The SMILES string of the molecule is C[C@H](CC1NNCN1C)C1CC(C2CC2)NC(N2CC3C(CCCC3C(F)(F)F)C2=O)C1. The molecule has 0 aromatic rings. The molecule has 0 radical (unpaired) electrons. The minimum Gasteiger partial charge on any atom is -0.327 e. The summed E-state index contributed by atoms with van der Waals surface area (Å²) >= 11 is 0. The van der Waals surface area contributed by atoms with Gasteiger partial charge in [-0.25, -0.2) is 10.9 Å². The van der Waals surface area contributed by atoms with Crippen LogP contribution in [-0.4, -0.2) is 60.5 Å². The maximum Gasteiger partial charge on any atom is 0.392 e. The minimum absolute atomic E-state index is 0.0364. The van der Waals surface area contributed by atoms with E-state index in [4.69, 9.17) is 0 Å². The van der Waals surface area contributed by atoms with Crippen LogP contribution in [0.5, 0.6) is 0 Å². The molecule has 0 aromatic carbocycles. The van der Waals surface area contributed by atoms with Crippen LogP contribution < -0.4 is 16.2 Å². The van der Waals surface area contributed by atoms with Gasteiger partial charge in [0.05, 0.1) is 24.9 Å². The predicted octanol–water partition coefficient (Wildman–Crippen LogP) is 2.88. The quantitative estimate of drug-likeness (QED) is 0.593. The van der Waals surface area contributed by atoms with Gasteiger partial charge in [0.25, 0.3) is 0 Å². The monoisotopic (exact) mass is 457 g/mol. The average molecular weight is 458 g/mol. The Kier molecular flexibility index (Phi) is 6.22. The first-order valence-corrected chi connectivity index (χ1v) is 12.5. The lowest BCUT2D eigenvalue weighted by molar-refractivity contribution is -0.198. The first kappa shape index (κ1) is 22.9. The van der Waals surface area contributed by atoms with Gasteiger partial charge < -0.3 is 4.90 Å². The zero-order chi connectivity index (χ0) is 22.6. The highest BCUT2D eigenvalue weighted by Gasteiger charge is 2.56. The lowest BCUT2D eigenvalue weighted by Gasteiger charge is -2.43. The summed E-state index contributed by atoms with van der Waals surface area (Å²) in [5, 5.41) is 3.72. The third kappa shape index (κ3) is 4.42. The van der Waals surface area contributed by atoms with Crippen LogP contribution in [0.25, 0.3) is 0 Å². The molecule has 3 heterocycles. The van der Waals surface area contributed by atoms with E-state index in [0.29, 0.717) is 42.8 Å². The van der Waals surface area contributed by atoms with Crippen molar-refractivity contribution in [1.29, 1.82) is 0 Å². The van der Waals surface area contributed by atoms with Gasteiger partial charge in [-0.15, -0.1) is 0 Å². The Morgan fingerprint density at radius 1 is 1.16 bits per heavy atom. The molecule has 5 aliphatic rings. The molecule has 3 saturated heterocycles. The van der Waals surface area contributed by atoms with Crippen LogP contribution in [0.3, 0.4) is 0 Å². The van der Waals surface area contributed by atoms with E-state index < -0.39 is 23.9 Å². The number of amides is 1. The predicted molar refractivity (Wildman–Crippen MR) is 115 cm³/mol. The Balaban J connectivity index is 1.30. The first-order valence-electron chi connectivity index (χ1n) is 12.5. The number of nitrogens with zero attached hydrogens (tertiary/aromatic N) is 2. The molecular formula is C23H38F3N5O. The third-order valence-electron chi connectivity index (χ3n) is 9.08. The second-order valence-corrected chi connectivity index (χ2v) is 11.2. The van der Waals surface area contributed by atoms with E-state index in [2.05, 4.69) is 35.0 Å². The first-order chi connectivity index (χ1) is 15.2. The zero-order valence-electron chi connectivity index (χ0n) is 19.2. The summed E-state index contributed by atoms with van der Waals surface area (Å²) in [6.07, 6.45) is 2.65. The summed E-state index contributed by atoms with van der Waals surface area (Å²) in [6, 6.07) is 0.377. The largest absolute Gasteiger partial charge is 0.392 e. The number of carbonyl (C=O) groups is 1. The van der Waals surface area contributed by atoms with Gasteiger partial charge in [-0.3, -0.25) is 15.0 Å². The van der Waals surface area contributed by atoms with Crippen molar-refractivity contribution in [1.82, 2.24) is 26.0 Å². The molecule has 32 heavy (non-hydrogen) atoms. The molecule has 182 valence electrons. The van der Waals surface area contributed by atoms with E-state index in [1.54, 1.807) is 0 Å². The fourth-order valence-electron chi connectivity index (χ4n) is 6.94. The van der Waals surface area contributed by atoms with Crippen molar-refractivity contribution in [3.8, 4) is 0 Å². The van der Waals surface area contributed by atoms with Gasteiger partial charge in [-0.2, -0.15) is 13.2 Å². The summed E-state index contributed by atoms with van der Waals surface area (Å²) in [5.74, 6) is -0.784. The molecule has 0 aromatic heterocycles. The van der Waals surface area contributed by atoms with Crippen LogP contribution in [0.4, 0.5) is 13.2 Å². The van der Waals surface area contributed by atoms with E-state index in [-0.39, 0.29) is 25.0 Å². The number of hydrogen-bond donors (Lipinski definition) is 3. The number of nitrogens with one attached hydrogen (secondary N) is 3. The van der Waals surface area contributed by atoms with E-state index in [1.165, 1.54) is 12.8 Å². The maximum atomic E-state index is 13.7. The number of hydrazine groups is 1. The van der Waals surface area contributed by atoms with Crippen molar-refractivity contribution >= 4 is 5.91 Å². The van der Waals surface area contributed by atoms with E-state index >= 15 is 0 Å². The fourth-order valence-corrected chi connectivity index (χ4v) is 6.94. The molecule has 3 N–H and O–H groups in total. The Morgan fingerprint density at radius 2 is 1.94 bits per heavy atom. The van der Waals surface area contributed by atoms with Crippen LogP contribution >= 0.6 is 0 Å². The van der Waals surface area contributed by atoms with Gasteiger partial charge in [0, 0.05) is 18.5 Å². The molecule has 0 bridgehead atoms. The number of halogens is 3. The summed E-state index contributed by atoms with van der Waals surface area (Å²) in [4.78, 5) is 17.4. The highest BCUT2D eigenvalue weighted by molar-refractivity contribution is 5.82. The number of hydrogen-bond acceptors (Lipinski definition) is 5. The molecule has 8 atom stereocenters. The van der Waals surface area contributed by atoms with Gasteiger partial charge >= 0.3 is 6.18 Å². The van der Waals surface area contributed by atoms with Crippen LogP contribution in [0.2, 0.25) is 0 Å². The number of rotatable bonds is 5. The number of fused-ring (bicyclic) bond motifs is 1. The van der Waals surface area contributed by atoms with Crippen molar-refractivity contribution in [2.45, 2.75) is 82.8 Å². The second-order valence-electron chi connectivity index (χ2n) is 11.2. The van der Waals surface area contributed by atoms with Crippen molar-refractivity contribution in [3.05, 3.63) is 0 Å². The molecule has 5 fully saturated rings. The Bertz CT molecular complexity index is 702. The molecular weight excluding hydrogens is 419 g/mol. The van der Waals surface area contributed by atoms with Crippen LogP contribution in [0, 0.1) is 35.5 Å². The summed E-state index contributed by atoms with van der Waals surface area (Å²) in [6.45, 7) is 3.39. The van der Waals surface area contributed by atoms with Gasteiger partial charge in [0.2, 0.25) is 5.91 Å². The normalized spacial score (nSPS) is 42.3. The lowest BCUT2D eigenvalue weighted by atomic mass is 9.73. The van der Waals surface area contributed by atoms with E-state index in [9.17, 15) is 18.0 Å². The molecule has 1 amide bonds. The highest BCUT2D eigenvalue weighted by atomic mass is 19.4.